The molecule has 1 unspecified atom stereocenters. The number of carbonyl (C=O) groups excluding carboxylic acids is 2. The van der Waals surface area contributed by atoms with Gasteiger partial charge < -0.3 is 15.3 Å². The monoisotopic (exact) mass is 240 g/mol. The van der Waals surface area contributed by atoms with Gasteiger partial charge in [0.25, 0.3) is 0 Å². The summed E-state index contributed by atoms with van der Waals surface area (Å²) in [6.45, 7) is 3.81. The summed E-state index contributed by atoms with van der Waals surface area (Å²) in [6.07, 6.45) is 2.07. The molecule has 94 valence electrons. The Kier molecular flexibility index (Phi) is 4.68. The van der Waals surface area contributed by atoms with Gasteiger partial charge in [-0.15, -0.1) is 6.58 Å². The van der Waals surface area contributed by atoms with E-state index in [4.69, 9.17) is 5.11 Å². The molecule has 2 N–H and O–H groups in total. The minimum Gasteiger partial charge on any atom is -0.481 e. The summed E-state index contributed by atoms with van der Waals surface area (Å²) in [7, 11) is 0. The first kappa shape index (κ1) is 13.2. The molecule has 2 amide bonds. The molecule has 0 spiro atoms. The van der Waals surface area contributed by atoms with E-state index in [1.54, 1.807) is 0 Å². The van der Waals surface area contributed by atoms with Crippen molar-refractivity contribution in [2.45, 2.75) is 12.8 Å². The Balaban J connectivity index is 2.49. The highest BCUT2D eigenvalue weighted by atomic mass is 16.4. The van der Waals surface area contributed by atoms with Crippen molar-refractivity contribution in [1.29, 1.82) is 0 Å². The first-order valence-electron chi connectivity index (χ1n) is 5.42. The van der Waals surface area contributed by atoms with Crippen LogP contribution < -0.4 is 5.32 Å². The number of nitrogens with one attached hydrogen (secondary N) is 1. The number of piperidine rings is 1. The molecule has 0 saturated carbocycles. The van der Waals surface area contributed by atoms with Crippen molar-refractivity contribution < 1.29 is 19.5 Å². The van der Waals surface area contributed by atoms with Crippen LogP contribution in [0.5, 0.6) is 0 Å². The number of aliphatic carboxylic acids is 1. The third-order valence-corrected chi connectivity index (χ3v) is 2.63. The number of carboxylic acids is 1. The second-order valence-corrected chi connectivity index (χ2v) is 3.94. The van der Waals surface area contributed by atoms with Gasteiger partial charge in [-0.1, -0.05) is 6.08 Å². The molecule has 6 nitrogen and oxygen atoms in total. The molecule has 1 fully saturated rings. The van der Waals surface area contributed by atoms with Crippen molar-refractivity contribution in [3.63, 3.8) is 0 Å². The van der Waals surface area contributed by atoms with Gasteiger partial charge in [-0.3, -0.25) is 14.4 Å². The smallest absolute Gasteiger partial charge is 0.308 e. The van der Waals surface area contributed by atoms with E-state index in [1.807, 2.05) is 0 Å². The quantitative estimate of drug-likeness (QED) is 0.641. The van der Waals surface area contributed by atoms with Crippen LogP contribution in [0.3, 0.4) is 0 Å². The standard InChI is InChI=1S/C11H16N2O4/c1-2-5-12-9(14)7-13-6-8(11(16)17)3-4-10(13)15/h2,8H,1,3-7H2,(H,12,14)(H,16,17). The zero-order valence-corrected chi connectivity index (χ0v) is 9.52. The molecule has 0 radical (unpaired) electrons. The van der Waals surface area contributed by atoms with Crippen molar-refractivity contribution in [3.8, 4) is 0 Å². The second-order valence-electron chi connectivity index (χ2n) is 3.94. The third kappa shape index (κ3) is 3.90. The molecular weight excluding hydrogens is 224 g/mol. The van der Waals surface area contributed by atoms with E-state index in [9.17, 15) is 14.4 Å². The van der Waals surface area contributed by atoms with Gasteiger partial charge in [0.05, 0.1) is 12.5 Å². The van der Waals surface area contributed by atoms with Crippen LogP contribution in [-0.4, -0.2) is 47.4 Å². The van der Waals surface area contributed by atoms with Crippen LogP contribution in [-0.2, 0) is 14.4 Å². The molecule has 0 aromatic rings. The van der Waals surface area contributed by atoms with E-state index in [0.29, 0.717) is 13.0 Å². The molecule has 0 aromatic heterocycles. The fraction of sp³-hybridized carbons (Fsp3) is 0.545. The van der Waals surface area contributed by atoms with Gasteiger partial charge in [0, 0.05) is 19.5 Å². The molecule has 0 aliphatic carbocycles. The highest BCUT2D eigenvalue weighted by molar-refractivity contribution is 5.86. The normalized spacial score (nSPS) is 19.9. The molecule has 1 saturated heterocycles. The lowest BCUT2D eigenvalue weighted by Crippen LogP contribution is -2.47. The Labute approximate surface area is 99.3 Å². The van der Waals surface area contributed by atoms with Gasteiger partial charge in [0.1, 0.15) is 0 Å². The molecule has 0 bridgehead atoms. The zero-order chi connectivity index (χ0) is 12.8. The number of hydrogen-bond acceptors (Lipinski definition) is 3. The summed E-state index contributed by atoms with van der Waals surface area (Å²) in [4.78, 5) is 35.0. The molecular formula is C11H16N2O4. The molecule has 1 rings (SSSR count). The summed E-state index contributed by atoms with van der Waals surface area (Å²) in [5.74, 6) is -1.96. The Bertz CT molecular complexity index is 340. The summed E-state index contributed by atoms with van der Waals surface area (Å²) in [5, 5.41) is 11.4. The van der Waals surface area contributed by atoms with Gasteiger partial charge in [-0.2, -0.15) is 0 Å². The Morgan fingerprint density at radius 3 is 2.88 bits per heavy atom. The van der Waals surface area contributed by atoms with Gasteiger partial charge in [0.2, 0.25) is 11.8 Å². The van der Waals surface area contributed by atoms with Crippen molar-refractivity contribution in [3.05, 3.63) is 12.7 Å². The molecule has 1 aliphatic heterocycles. The second kappa shape index (κ2) is 6.03. The van der Waals surface area contributed by atoms with E-state index in [0.717, 1.165) is 0 Å². The Hall–Kier alpha value is -1.85. The number of hydrogen-bond donors (Lipinski definition) is 2. The van der Waals surface area contributed by atoms with Crippen LogP contribution in [0, 0.1) is 5.92 Å². The minimum absolute atomic E-state index is 0.0869. The maximum atomic E-state index is 11.5. The topological polar surface area (TPSA) is 86.7 Å². The number of nitrogens with zero attached hydrogens (tertiary/aromatic N) is 1. The van der Waals surface area contributed by atoms with Crippen LogP contribution >= 0.6 is 0 Å². The SMILES string of the molecule is C=CCNC(=O)CN1CC(C(=O)O)CCC1=O. The van der Waals surface area contributed by atoms with Crippen LogP contribution in [0.15, 0.2) is 12.7 Å². The average molecular weight is 240 g/mol. The molecule has 17 heavy (non-hydrogen) atoms. The maximum Gasteiger partial charge on any atom is 0.308 e. The third-order valence-electron chi connectivity index (χ3n) is 2.63. The van der Waals surface area contributed by atoms with E-state index in [1.165, 1.54) is 11.0 Å². The molecule has 0 aromatic carbocycles. The number of rotatable bonds is 5. The first-order valence-corrected chi connectivity index (χ1v) is 5.42. The Morgan fingerprint density at radius 2 is 2.29 bits per heavy atom. The molecule has 1 heterocycles. The number of likely N-dealkylation sites (tertiary alicyclic amines) is 1. The van der Waals surface area contributed by atoms with Gasteiger partial charge in [0.15, 0.2) is 0 Å². The summed E-state index contributed by atoms with van der Waals surface area (Å²) in [6, 6.07) is 0. The van der Waals surface area contributed by atoms with Crippen molar-refractivity contribution in [2.75, 3.05) is 19.6 Å². The fourth-order valence-electron chi connectivity index (χ4n) is 1.68. The van der Waals surface area contributed by atoms with Crippen LogP contribution in [0.25, 0.3) is 0 Å². The fourth-order valence-corrected chi connectivity index (χ4v) is 1.68. The highest BCUT2D eigenvalue weighted by Crippen LogP contribution is 2.17. The van der Waals surface area contributed by atoms with Crippen LogP contribution in [0.1, 0.15) is 12.8 Å². The lowest BCUT2D eigenvalue weighted by Gasteiger charge is -2.29. The predicted octanol–water partition coefficient (Wildman–Crippen LogP) is -0.388. The van der Waals surface area contributed by atoms with Crippen molar-refractivity contribution in [2.24, 2.45) is 5.92 Å². The highest BCUT2D eigenvalue weighted by Gasteiger charge is 2.30. The van der Waals surface area contributed by atoms with Gasteiger partial charge in [-0.05, 0) is 6.42 Å². The van der Waals surface area contributed by atoms with E-state index in [-0.39, 0.29) is 31.3 Å². The van der Waals surface area contributed by atoms with Gasteiger partial charge >= 0.3 is 5.97 Å². The average Bonchev–Trinajstić information content (AvgIpc) is 2.29. The van der Waals surface area contributed by atoms with Crippen LogP contribution in [0.4, 0.5) is 0 Å². The predicted molar refractivity (Wildman–Crippen MR) is 60.1 cm³/mol. The molecule has 1 aliphatic rings. The van der Waals surface area contributed by atoms with E-state index >= 15 is 0 Å². The number of carboxylic acid groups (broad SMARTS) is 1. The summed E-state index contributed by atoms with van der Waals surface area (Å²) in [5.41, 5.74) is 0. The van der Waals surface area contributed by atoms with Gasteiger partial charge in [-0.25, -0.2) is 0 Å². The first-order chi connectivity index (χ1) is 8.04. The van der Waals surface area contributed by atoms with E-state index < -0.39 is 11.9 Å². The maximum absolute atomic E-state index is 11.5. The lowest BCUT2D eigenvalue weighted by molar-refractivity contribution is -0.149. The van der Waals surface area contributed by atoms with Crippen molar-refractivity contribution in [1.82, 2.24) is 10.2 Å². The number of amides is 2. The van der Waals surface area contributed by atoms with E-state index in [2.05, 4.69) is 11.9 Å². The molecule has 1 atom stereocenters. The van der Waals surface area contributed by atoms with Crippen molar-refractivity contribution >= 4 is 17.8 Å². The Morgan fingerprint density at radius 1 is 1.59 bits per heavy atom. The lowest BCUT2D eigenvalue weighted by atomic mass is 9.98. The van der Waals surface area contributed by atoms with Crippen LogP contribution in [0.2, 0.25) is 0 Å². The summed E-state index contributed by atoms with van der Waals surface area (Å²) >= 11 is 0. The number of carbonyl (C=O) groups is 3. The largest absolute Gasteiger partial charge is 0.481 e. The minimum atomic E-state index is -0.922. The zero-order valence-electron chi connectivity index (χ0n) is 9.52. The molecule has 6 heteroatoms. The summed E-state index contributed by atoms with van der Waals surface area (Å²) < 4.78 is 0.